The lowest BCUT2D eigenvalue weighted by molar-refractivity contribution is -0.0530. The predicted molar refractivity (Wildman–Crippen MR) is 83.0 cm³/mol. The lowest BCUT2D eigenvalue weighted by atomic mass is 10.2. The van der Waals surface area contributed by atoms with Crippen molar-refractivity contribution in [3.8, 4) is 0 Å². The van der Waals surface area contributed by atoms with Crippen molar-refractivity contribution in [2.45, 2.75) is 37.9 Å². The quantitative estimate of drug-likeness (QED) is 0.546. The van der Waals surface area contributed by atoms with Gasteiger partial charge in [0.1, 0.15) is 17.9 Å². The predicted octanol–water partition coefficient (Wildman–Crippen LogP) is -0.578. The van der Waals surface area contributed by atoms with Crippen LogP contribution in [-0.2, 0) is 18.3 Å². The number of nitrogens with one attached hydrogen (secondary N) is 1. The van der Waals surface area contributed by atoms with Crippen molar-refractivity contribution < 1.29 is 28.6 Å². The summed E-state index contributed by atoms with van der Waals surface area (Å²) in [6.07, 6.45) is -2.61. The maximum Gasteiger partial charge on any atom is 0.339 e. The van der Waals surface area contributed by atoms with Crippen molar-refractivity contribution in [1.82, 2.24) is 9.55 Å². The summed E-state index contributed by atoms with van der Waals surface area (Å²) >= 11 is 0. The number of aromatic amines is 1. The van der Waals surface area contributed by atoms with E-state index in [4.69, 9.17) is 13.8 Å². The van der Waals surface area contributed by atoms with Gasteiger partial charge in [0, 0.05) is 12.3 Å². The SMILES string of the molecule is CCOP(=O)(OCC)C1C(CO)OC(n2ccc(=O)[nH]c2=O)C1O. The molecular weight excluding hydrogens is 343 g/mol. The summed E-state index contributed by atoms with van der Waals surface area (Å²) in [5.74, 6) is 0. The number of hydrogen-bond acceptors (Lipinski definition) is 8. The van der Waals surface area contributed by atoms with Gasteiger partial charge in [0.2, 0.25) is 0 Å². The minimum Gasteiger partial charge on any atom is -0.394 e. The maximum atomic E-state index is 13.0. The number of rotatable bonds is 7. The Morgan fingerprint density at radius 2 is 1.96 bits per heavy atom. The van der Waals surface area contributed by atoms with Crippen LogP contribution in [0, 0.1) is 0 Å². The summed E-state index contributed by atoms with van der Waals surface area (Å²) in [5.41, 5.74) is -2.58. The Morgan fingerprint density at radius 1 is 1.33 bits per heavy atom. The van der Waals surface area contributed by atoms with Crippen molar-refractivity contribution in [3.63, 3.8) is 0 Å². The normalized spacial score (nSPS) is 27.5. The molecule has 1 aromatic heterocycles. The molecule has 24 heavy (non-hydrogen) atoms. The van der Waals surface area contributed by atoms with Crippen LogP contribution >= 0.6 is 7.60 Å². The van der Waals surface area contributed by atoms with E-state index < -0.39 is 49.5 Å². The van der Waals surface area contributed by atoms with Crippen molar-refractivity contribution >= 4 is 7.60 Å². The monoisotopic (exact) mass is 364 g/mol. The smallest absolute Gasteiger partial charge is 0.339 e. The molecule has 0 spiro atoms. The van der Waals surface area contributed by atoms with Gasteiger partial charge in [-0.25, -0.2) is 4.79 Å². The van der Waals surface area contributed by atoms with Crippen LogP contribution in [0.25, 0.3) is 0 Å². The minimum absolute atomic E-state index is 0.0713. The van der Waals surface area contributed by atoms with Gasteiger partial charge in [-0.2, -0.15) is 0 Å². The van der Waals surface area contributed by atoms with E-state index in [0.29, 0.717) is 0 Å². The van der Waals surface area contributed by atoms with E-state index in [0.717, 1.165) is 16.8 Å². The highest BCUT2D eigenvalue weighted by atomic mass is 31.2. The van der Waals surface area contributed by atoms with Crippen LogP contribution in [-0.4, -0.2) is 57.5 Å². The highest BCUT2D eigenvalue weighted by Gasteiger charge is 2.55. The summed E-state index contributed by atoms with van der Waals surface area (Å²) < 4.78 is 29.9. The number of aliphatic hydroxyl groups excluding tert-OH is 2. The number of aromatic nitrogens is 2. The molecule has 1 aliphatic rings. The zero-order valence-electron chi connectivity index (χ0n) is 13.3. The van der Waals surface area contributed by atoms with Crippen molar-refractivity contribution in [2.24, 2.45) is 0 Å². The van der Waals surface area contributed by atoms with E-state index in [1.807, 2.05) is 4.98 Å². The summed E-state index contributed by atoms with van der Waals surface area (Å²) in [6, 6.07) is 1.09. The number of H-pyrrole nitrogens is 1. The van der Waals surface area contributed by atoms with Gasteiger partial charge < -0.3 is 24.0 Å². The molecule has 2 rings (SSSR count). The third kappa shape index (κ3) is 3.53. The molecule has 1 fully saturated rings. The molecule has 10 nitrogen and oxygen atoms in total. The standard InChI is InChI=1S/C13H21N2O8P/c1-3-21-24(20,22-4-2)11-8(7-16)23-12(10(11)18)15-6-5-9(17)14-13(15)19/h5-6,8,10-12,16,18H,3-4,7H2,1-2H3,(H,14,17,19). The second kappa shape index (κ2) is 7.73. The third-order valence-corrected chi connectivity index (χ3v) is 6.23. The molecule has 3 N–H and O–H groups in total. The van der Waals surface area contributed by atoms with Crippen LogP contribution in [0.4, 0.5) is 0 Å². The molecule has 136 valence electrons. The molecule has 4 atom stereocenters. The van der Waals surface area contributed by atoms with E-state index in [1.165, 1.54) is 0 Å². The molecule has 4 unspecified atom stereocenters. The van der Waals surface area contributed by atoms with E-state index >= 15 is 0 Å². The van der Waals surface area contributed by atoms with Crippen LogP contribution in [0.3, 0.4) is 0 Å². The number of nitrogens with zero attached hydrogens (tertiary/aromatic N) is 1. The summed E-state index contributed by atoms with van der Waals surface area (Å²) in [6.45, 7) is 2.82. The maximum absolute atomic E-state index is 13.0. The first-order valence-corrected chi connectivity index (χ1v) is 9.13. The van der Waals surface area contributed by atoms with Gasteiger partial charge in [-0.3, -0.25) is 18.9 Å². The van der Waals surface area contributed by atoms with E-state index in [-0.39, 0.29) is 13.2 Å². The highest BCUT2D eigenvalue weighted by Crippen LogP contribution is 2.59. The fraction of sp³-hybridized carbons (Fsp3) is 0.692. The van der Waals surface area contributed by atoms with Crippen LogP contribution in [0.2, 0.25) is 0 Å². The van der Waals surface area contributed by atoms with E-state index in [9.17, 15) is 24.4 Å². The van der Waals surface area contributed by atoms with Gasteiger partial charge in [0.15, 0.2) is 6.23 Å². The van der Waals surface area contributed by atoms with Gasteiger partial charge in [-0.1, -0.05) is 0 Å². The molecule has 0 aromatic carbocycles. The van der Waals surface area contributed by atoms with Gasteiger partial charge in [0.05, 0.1) is 19.8 Å². The van der Waals surface area contributed by atoms with E-state index in [2.05, 4.69) is 0 Å². The Labute approximate surface area is 137 Å². The number of aliphatic hydroxyl groups is 2. The molecule has 1 saturated heterocycles. The molecular formula is C13H21N2O8P. The lowest BCUT2D eigenvalue weighted by Crippen LogP contribution is -2.38. The summed E-state index contributed by atoms with van der Waals surface area (Å²) in [5, 5.41) is 20.1. The second-order valence-electron chi connectivity index (χ2n) is 5.12. The Bertz CT molecular complexity index is 706. The van der Waals surface area contributed by atoms with Gasteiger partial charge >= 0.3 is 13.3 Å². The average molecular weight is 364 g/mol. The topological polar surface area (TPSA) is 140 Å². The molecule has 0 saturated carbocycles. The van der Waals surface area contributed by atoms with Crippen LogP contribution in [0.1, 0.15) is 20.1 Å². The third-order valence-electron chi connectivity index (χ3n) is 3.63. The van der Waals surface area contributed by atoms with Crippen LogP contribution < -0.4 is 11.2 Å². The highest BCUT2D eigenvalue weighted by molar-refractivity contribution is 7.54. The average Bonchev–Trinajstić information content (AvgIpc) is 2.85. The molecule has 0 amide bonds. The van der Waals surface area contributed by atoms with E-state index in [1.54, 1.807) is 13.8 Å². The summed E-state index contributed by atoms with van der Waals surface area (Å²) in [4.78, 5) is 25.1. The minimum atomic E-state index is -3.80. The van der Waals surface area contributed by atoms with Gasteiger partial charge in [0.25, 0.3) is 5.56 Å². The first-order valence-electron chi connectivity index (χ1n) is 7.52. The Balaban J connectivity index is 2.42. The van der Waals surface area contributed by atoms with Gasteiger partial charge in [-0.05, 0) is 13.8 Å². The van der Waals surface area contributed by atoms with Crippen LogP contribution in [0.5, 0.6) is 0 Å². The molecule has 11 heteroatoms. The molecule has 1 aliphatic heterocycles. The fourth-order valence-corrected chi connectivity index (χ4v) is 4.93. The Kier molecular flexibility index (Phi) is 6.13. The largest absolute Gasteiger partial charge is 0.394 e. The molecule has 2 heterocycles. The summed E-state index contributed by atoms with van der Waals surface area (Å²) in [7, 11) is -3.80. The van der Waals surface area contributed by atoms with Crippen LogP contribution in [0.15, 0.2) is 21.9 Å². The molecule has 1 aromatic rings. The second-order valence-corrected chi connectivity index (χ2v) is 7.31. The Morgan fingerprint density at radius 3 is 2.46 bits per heavy atom. The first kappa shape index (κ1) is 19.0. The lowest BCUT2D eigenvalue weighted by Gasteiger charge is -2.27. The fourth-order valence-electron chi connectivity index (χ4n) is 2.70. The van der Waals surface area contributed by atoms with Crippen molar-refractivity contribution in [3.05, 3.63) is 33.1 Å². The Hall–Kier alpha value is -1.29. The zero-order chi connectivity index (χ0) is 17.9. The zero-order valence-corrected chi connectivity index (χ0v) is 14.2. The first-order chi connectivity index (χ1) is 11.4. The van der Waals surface area contributed by atoms with Gasteiger partial charge in [-0.15, -0.1) is 0 Å². The van der Waals surface area contributed by atoms with Crippen molar-refractivity contribution in [1.29, 1.82) is 0 Å². The molecule has 0 bridgehead atoms. The molecule has 0 radical (unpaired) electrons. The molecule has 0 aliphatic carbocycles. The number of hydrogen-bond donors (Lipinski definition) is 3. The van der Waals surface area contributed by atoms with Crippen molar-refractivity contribution in [2.75, 3.05) is 19.8 Å². The number of ether oxygens (including phenoxy) is 1.